The molecule has 1 aromatic heterocycles. The van der Waals surface area contributed by atoms with Gasteiger partial charge < -0.3 is 19.9 Å². The Hall–Kier alpha value is -2.41. The van der Waals surface area contributed by atoms with Gasteiger partial charge in [0, 0.05) is 26.2 Å². The van der Waals surface area contributed by atoms with Gasteiger partial charge >= 0.3 is 0 Å². The lowest BCUT2D eigenvalue weighted by Crippen LogP contribution is -2.36. The molecule has 0 bridgehead atoms. The Labute approximate surface area is 154 Å². The van der Waals surface area contributed by atoms with E-state index in [1.807, 2.05) is 6.07 Å². The zero-order chi connectivity index (χ0) is 17.6. The third-order valence-corrected chi connectivity index (χ3v) is 4.96. The van der Waals surface area contributed by atoms with E-state index in [1.165, 1.54) is 31.4 Å². The van der Waals surface area contributed by atoms with Gasteiger partial charge in [-0.15, -0.1) is 5.10 Å². The predicted octanol–water partition coefficient (Wildman–Crippen LogP) is 2.83. The number of rotatable bonds is 4. The van der Waals surface area contributed by atoms with Gasteiger partial charge in [0.25, 0.3) is 0 Å². The molecule has 0 unspecified atom stereocenters. The van der Waals surface area contributed by atoms with Gasteiger partial charge in [0.05, 0.1) is 30.8 Å². The molecule has 3 heterocycles. The lowest BCUT2D eigenvalue weighted by molar-refractivity contribution is 0.123. The Bertz CT molecular complexity index is 711. The second-order valence-corrected chi connectivity index (χ2v) is 6.78. The number of hydrogen-bond acceptors (Lipinski definition) is 7. The number of anilines is 4. The highest BCUT2D eigenvalue weighted by atomic mass is 16.5. The second-order valence-electron chi connectivity index (χ2n) is 6.78. The summed E-state index contributed by atoms with van der Waals surface area (Å²) in [4.78, 5) is 9.31. The molecule has 0 atom stereocenters. The Kier molecular flexibility index (Phi) is 5.44. The summed E-state index contributed by atoms with van der Waals surface area (Å²) >= 11 is 0. The fourth-order valence-electron chi connectivity index (χ4n) is 3.56. The number of aromatic nitrogens is 3. The van der Waals surface area contributed by atoms with E-state index in [2.05, 4.69) is 43.5 Å². The Morgan fingerprint density at radius 3 is 2.46 bits per heavy atom. The number of benzene rings is 1. The van der Waals surface area contributed by atoms with Gasteiger partial charge in [0.15, 0.2) is 5.82 Å². The Balaban J connectivity index is 1.53. The maximum Gasteiger partial charge on any atom is 0.247 e. The molecule has 0 radical (unpaired) electrons. The summed E-state index contributed by atoms with van der Waals surface area (Å²) < 4.78 is 5.47. The third-order valence-electron chi connectivity index (χ3n) is 4.96. The van der Waals surface area contributed by atoms with E-state index < -0.39 is 0 Å². The topological polar surface area (TPSA) is 66.4 Å². The van der Waals surface area contributed by atoms with Gasteiger partial charge in [-0.3, -0.25) is 0 Å². The molecule has 2 aliphatic heterocycles. The molecule has 0 amide bonds. The van der Waals surface area contributed by atoms with Gasteiger partial charge in [0.2, 0.25) is 5.95 Å². The molecule has 7 nitrogen and oxygen atoms in total. The zero-order valence-electron chi connectivity index (χ0n) is 15.1. The summed E-state index contributed by atoms with van der Waals surface area (Å²) in [5.41, 5.74) is 2.21. The molecule has 26 heavy (non-hydrogen) atoms. The smallest absolute Gasteiger partial charge is 0.247 e. The fraction of sp³-hybridized carbons (Fsp3) is 0.526. The molecule has 1 aromatic carbocycles. The van der Waals surface area contributed by atoms with Gasteiger partial charge in [-0.1, -0.05) is 25.0 Å². The van der Waals surface area contributed by atoms with Crippen LogP contribution in [0, 0.1) is 0 Å². The van der Waals surface area contributed by atoms with Crippen molar-refractivity contribution < 1.29 is 4.74 Å². The summed E-state index contributed by atoms with van der Waals surface area (Å²) in [5.74, 6) is 1.46. The van der Waals surface area contributed by atoms with Crippen LogP contribution in [0.25, 0.3) is 0 Å². The van der Waals surface area contributed by atoms with Crippen molar-refractivity contribution in [2.24, 2.45) is 0 Å². The van der Waals surface area contributed by atoms with Crippen molar-refractivity contribution in [3.63, 3.8) is 0 Å². The van der Waals surface area contributed by atoms with Crippen LogP contribution < -0.4 is 15.1 Å². The summed E-state index contributed by atoms with van der Waals surface area (Å²) in [5, 5.41) is 11.9. The first kappa shape index (κ1) is 17.0. The molecule has 2 saturated heterocycles. The molecule has 4 rings (SSSR count). The molecule has 1 N–H and O–H groups in total. The quantitative estimate of drug-likeness (QED) is 0.905. The van der Waals surface area contributed by atoms with Crippen molar-refractivity contribution in [2.45, 2.75) is 25.7 Å². The van der Waals surface area contributed by atoms with Crippen LogP contribution in [0.15, 0.2) is 30.5 Å². The summed E-state index contributed by atoms with van der Waals surface area (Å²) in [6, 6.07) is 8.32. The van der Waals surface area contributed by atoms with E-state index in [4.69, 9.17) is 9.72 Å². The van der Waals surface area contributed by atoms with Crippen LogP contribution in [0.4, 0.5) is 23.1 Å². The van der Waals surface area contributed by atoms with E-state index in [1.54, 1.807) is 6.20 Å². The van der Waals surface area contributed by atoms with Crippen molar-refractivity contribution in [3.05, 3.63) is 30.5 Å². The van der Waals surface area contributed by atoms with Crippen LogP contribution in [0.5, 0.6) is 0 Å². The third kappa shape index (κ3) is 4.04. The number of nitrogens with zero attached hydrogens (tertiary/aromatic N) is 5. The Morgan fingerprint density at radius 1 is 0.885 bits per heavy atom. The normalized spacial score (nSPS) is 18.5. The lowest BCUT2D eigenvalue weighted by Gasteiger charge is -2.30. The Morgan fingerprint density at radius 2 is 1.65 bits per heavy atom. The van der Waals surface area contributed by atoms with Crippen LogP contribution in [-0.2, 0) is 4.74 Å². The average Bonchev–Trinajstić information content (AvgIpc) is 2.99. The molecule has 2 aliphatic rings. The van der Waals surface area contributed by atoms with Gasteiger partial charge in [-0.2, -0.15) is 10.1 Å². The first-order chi connectivity index (χ1) is 12.9. The van der Waals surface area contributed by atoms with E-state index in [0.717, 1.165) is 56.8 Å². The number of hydrogen-bond donors (Lipinski definition) is 1. The van der Waals surface area contributed by atoms with Crippen LogP contribution in [-0.4, -0.2) is 54.6 Å². The molecule has 0 spiro atoms. The average molecular weight is 354 g/mol. The van der Waals surface area contributed by atoms with Gasteiger partial charge in [-0.25, -0.2) is 0 Å². The van der Waals surface area contributed by atoms with Crippen LogP contribution in [0.3, 0.4) is 0 Å². The number of ether oxygens (including phenoxy) is 1. The molecule has 0 saturated carbocycles. The van der Waals surface area contributed by atoms with E-state index in [-0.39, 0.29) is 0 Å². The second kappa shape index (κ2) is 8.31. The van der Waals surface area contributed by atoms with Crippen molar-refractivity contribution in [3.8, 4) is 0 Å². The van der Waals surface area contributed by atoms with Crippen LogP contribution in [0.2, 0.25) is 0 Å². The first-order valence-corrected chi connectivity index (χ1v) is 9.53. The molecular formula is C19H26N6O. The molecule has 2 fully saturated rings. The minimum Gasteiger partial charge on any atom is -0.378 e. The van der Waals surface area contributed by atoms with Crippen molar-refractivity contribution in [1.82, 2.24) is 15.2 Å². The van der Waals surface area contributed by atoms with E-state index >= 15 is 0 Å². The predicted molar refractivity (Wildman–Crippen MR) is 103 cm³/mol. The molecule has 0 aliphatic carbocycles. The monoisotopic (exact) mass is 354 g/mol. The van der Waals surface area contributed by atoms with Gasteiger partial charge in [0.1, 0.15) is 0 Å². The fourth-order valence-corrected chi connectivity index (χ4v) is 3.56. The zero-order valence-corrected chi connectivity index (χ0v) is 15.1. The highest BCUT2D eigenvalue weighted by molar-refractivity contribution is 5.74. The largest absolute Gasteiger partial charge is 0.378 e. The summed E-state index contributed by atoms with van der Waals surface area (Å²) in [6.45, 7) is 5.36. The van der Waals surface area contributed by atoms with Crippen LogP contribution in [0.1, 0.15) is 25.7 Å². The highest BCUT2D eigenvalue weighted by Crippen LogP contribution is 2.29. The molecule has 138 valence electrons. The molecule has 2 aromatic rings. The SMILES string of the molecule is c1ccc(N2CCOCC2)c(Nc2cnnc(N3CCCCCC3)n2)c1. The summed E-state index contributed by atoms with van der Waals surface area (Å²) in [7, 11) is 0. The van der Waals surface area contributed by atoms with Crippen LogP contribution >= 0.6 is 0 Å². The minimum atomic E-state index is 0.723. The van der Waals surface area contributed by atoms with Crippen molar-refractivity contribution in [1.29, 1.82) is 0 Å². The van der Waals surface area contributed by atoms with Crippen molar-refractivity contribution >= 4 is 23.1 Å². The number of nitrogens with one attached hydrogen (secondary N) is 1. The number of para-hydroxylation sites is 2. The standard InChI is InChI=1S/C19H26N6O/c1-2-6-10-25(9-5-1)19-22-18(15-20-23-19)21-16-7-3-4-8-17(16)24-11-13-26-14-12-24/h3-4,7-8,15H,1-2,5-6,9-14H2,(H,21,22,23). The molecule has 7 heteroatoms. The van der Waals surface area contributed by atoms with E-state index in [9.17, 15) is 0 Å². The van der Waals surface area contributed by atoms with Crippen molar-refractivity contribution in [2.75, 3.05) is 54.5 Å². The molecular weight excluding hydrogens is 328 g/mol. The van der Waals surface area contributed by atoms with Gasteiger partial charge in [-0.05, 0) is 25.0 Å². The van der Waals surface area contributed by atoms with E-state index in [0.29, 0.717) is 0 Å². The lowest BCUT2D eigenvalue weighted by atomic mass is 10.2. The highest BCUT2D eigenvalue weighted by Gasteiger charge is 2.16. The minimum absolute atomic E-state index is 0.723. The maximum atomic E-state index is 5.47. The summed E-state index contributed by atoms with van der Waals surface area (Å²) in [6.07, 6.45) is 6.66. The first-order valence-electron chi connectivity index (χ1n) is 9.53. The number of morpholine rings is 1. The maximum absolute atomic E-state index is 5.47.